The van der Waals surface area contributed by atoms with Crippen LogP contribution in [-0.2, 0) is 0 Å². The maximum absolute atomic E-state index is 4.70. The predicted octanol–water partition coefficient (Wildman–Crippen LogP) is 2.89. The summed E-state index contributed by atoms with van der Waals surface area (Å²) < 4.78 is 0. The number of thiol groups is 1. The van der Waals surface area contributed by atoms with E-state index >= 15 is 0 Å². The minimum absolute atomic E-state index is 0.509. The molecule has 18 heavy (non-hydrogen) atoms. The van der Waals surface area contributed by atoms with E-state index in [-0.39, 0.29) is 0 Å². The maximum Gasteiger partial charge on any atom is 0.0192 e. The third-order valence-corrected chi connectivity index (χ3v) is 5.77. The van der Waals surface area contributed by atoms with E-state index in [4.69, 9.17) is 12.6 Å². The van der Waals surface area contributed by atoms with Gasteiger partial charge in [-0.15, -0.1) is 0 Å². The van der Waals surface area contributed by atoms with Crippen LogP contribution in [-0.4, -0.2) is 54.8 Å². The lowest BCUT2D eigenvalue weighted by Gasteiger charge is -2.43. The number of nitrogens with zero attached hydrogens (tertiary/aromatic N) is 2. The first-order valence-electron chi connectivity index (χ1n) is 7.69. The third kappa shape index (κ3) is 3.64. The molecule has 2 rings (SSSR count). The third-order valence-electron chi connectivity index (χ3n) is 5.10. The summed E-state index contributed by atoms with van der Waals surface area (Å²) in [6.45, 7) is 7.35. The summed E-state index contributed by atoms with van der Waals surface area (Å²) in [5.41, 5.74) is 0.509. The SMILES string of the molecule is CC1CN(CC2(CS)CCCCCC2)CCN1C. The molecular formula is C15H30N2S. The zero-order valence-electron chi connectivity index (χ0n) is 12.2. The number of hydrogen-bond donors (Lipinski definition) is 1. The highest BCUT2D eigenvalue weighted by atomic mass is 32.1. The lowest BCUT2D eigenvalue weighted by molar-refractivity contribution is 0.0660. The summed E-state index contributed by atoms with van der Waals surface area (Å²) in [7, 11) is 2.25. The van der Waals surface area contributed by atoms with Gasteiger partial charge >= 0.3 is 0 Å². The fraction of sp³-hybridized carbons (Fsp3) is 1.00. The van der Waals surface area contributed by atoms with Crippen LogP contribution in [0.4, 0.5) is 0 Å². The highest BCUT2D eigenvalue weighted by molar-refractivity contribution is 7.80. The molecule has 2 fully saturated rings. The first-order valence-corrected chi connectivity index (χ1v) is 8.32. The Morgan fingerprint density at radius 3 is 2.33 bits per heavy atom. The van der Waals surface area contributed by atoms with Gasteiger partial charge in [0.25, 0.3) is 0 Å². The summed E-state index contributed by atoms with van der Waals surface area (Å²) in [5, 5.41) is 0. The molecule has 3 heteroatoms. The number of likely N-dealkylation sites (N-methyl/N-ethyl adjacent to an activating group) is 1. The van der Waals surface area contributed by atoms with E-state index in [2.05, 4.69) is 23.8 Å². The number of piperazine rings is 1. The Bertz CT molecular complexity index is 249. The van der Waals surface area contributed by atoms with Crippen molar-refractivity contribution < 1.29 is 0 Å². The Labute approximate surface area is 119 Å². The molecule has 2 nitrogen and oxygen atoms in total. The molecule has 1 saturated heterocycles. The normalized spacial score (nSPS) is 31.2. The molecule has 0 aromatic carbocycles. The van der Waals surface area contributed by atoms with E-state index in [0.717, 1.165) is 5.75 Å². The predicted molar refractivity (Wildman–Crippen MR) is 82.5 cm³/mol. The quantitative estimate of drug-likeness (QED) is 0.622. The molecule has 1 unspecified atom stereocenters. The van der Waals surface area contributed by atoms with E-state index in [9.17, 15) is 0 Å². The van der Waals surface area contributed by atoms with E-state index in [1.165, 1.54) is 64.7 Å². The highest BCUT2D eigenvalue weighted by Gasteiger charge is 2.33. The highest BCUT2D eigenvalue weighted by Crippen LogP contribution is 2.37. The second-order valence-electron chi connectivity index (χ2n) is 6.64. The van der Waals surface area contributed by atoms with Crippen molar-refractivity contribution in [3.63, 3.8) is 0 Å². The molecule has 106 valence electrons. The first-order chi connectivity index (χ1) is 8.65. The van der Waals surface area contributed by atoms with Crippen molar-refractivity contribution in [1.82, 2.24) is 9.80 Å². The van der Waals surface area contributed by atoms with Crippen LogP contribution in [0.3, 0.4) is 0 Å². The van der Waals surface area contributed by atoms with Crippen LogP contribution in [0.15, 0.2) is 0 Å². The van der Waals surface area contributed by atoms with E-state index in [1.807, 2.05) is 0 Å². The molecule has 1 atom stereocenters. The van der Waals surface area contributed by atoms with Gasteiger partial charge in [0.15, 0.2) is 0 Å². The molecule has 0 radical (unpaired) electrons. The Hall–Kier alpha value is 0.270. The summed E-state index contributed by atoms with van der Waals surface area (Å²) in [6.07, 6.45) is 8.52. The van der Waals surface area contributed by atoms with Crippen LogP contribution in [0.5, 0.6) is 0 Å². The van der Waals surface area contributed by atoms with Gasteiger partial charge in [0.05, 0.1) is 0 Å². The van der Waals surface area contributed by atoms with Crippen molar-refractivity contribution in [3.8, 4) is 0 Å². The monoisotopic (exact) mass is 270 g/mol. The molecule has 0 amide bonds. The Balaban J connectivity index is 1.92. The Morgan fingerprint density at radius 2 is 1.78 bits per heavy atom. The first kappa shape index (κ1) is 14.7. The molecule has 1 heterocycles. The van der Waals surface area contributed by atoms with Gasteiger partial charge in [0, 0.05) is 32.2 Å². The van der Waals surface area contributed by atoms with Gasteiger partial charge in [-0.05, 0) is 38.0 Å². The summed E-state index contributed by atoms with van der Waals surface area (Å²) in [6, 6.07) is 0.710. The van der Waals surface area contributed by atoms with E-state index in [0.29, 0.717) is 11.5 Å². The topological polar surface area (TPSA) is 6.48 Å². The number of hydrogen-bond acceptors (Lipinski definition) is 3. The van der Waals surface area contributed by atoms with Gasteiger partial charge in [-0.1, -0.05) is 25.7 Å². The molecule has 0 aromatic heterocycles. The smallest absolute Gasteiger partial charge is 0.0192 e. The van der Waals surface area contributed by atoms with E-state index < -0.39 is 0 Å². The van der Waals surface area contributed by atoms with Gasteiger partial charge in [0.2, 0.25) is 0 Å². The van der Waals surface area contributed by atoms with Crippen LogP contribution in [0, 0.1) is 5.41 Å². The van der Waals surface area contributed by atoms with Gasteiger partial charge in [-0.2, -0.15) is 12.6 Å². The minimum atomic E-state index is 0.509. The van der Waals surface area contributed by atoms with Crippen LogP contribution in [0.25, 0.3) is 0 Å². The molecule has 0 spiro atoms. The van der Waals surface area contributed by atoms with Crippen molar-refractivity contribution >= 4 is 12.6 Å². The molecule has 0 N–H and O–H groups in total. The molecule has 0 bridgehead atoms. The fourth-order valence-electron chi connectivity index (χ4n) is 3.59. The van der Waals surface area contributed by atoms with Crippen LogP contribution in [0.2, 0.25) is 0 Å². The van der Waals surface area contributed by atoms with Crippen molar-refractivity contribution in [2.75, 3.05) is 39.0 Å². The Morgan fingerprint density at radius 1 is 1.11 bits per heavy atom. The van der Waals surface area contributed by atoms with E-state index in [1.54, 1.807) is 0 Å². The Kier molecular flexibility index (Phi) is 5.40. The molecule has 1 aliphatic heterocycles. The van der Waals surface area contributed by atoms with Crippen molar-refractivity contribution in [1.29, 1.82) is 0 Å². The lowest BCUT2D eigenvalue weighted by atomic mass is 9.81. The van der Waals surface area contributed by atoms with Crippen molar-refractivity contribution in [2.24, 2.45) is 5.41 Å². The largest absolute Gasteiger partial charge is 0.301 e. The minimum Gasteiger partial charge on any atom is -0.301 e. The van der Waals surface area contributed by atoms with Gasteiger partial charge in [-0.3, -0.25) is 4.90 Å². The standard InChI is InChI=1S/C15H30N2S/c1-14-11-17(10-9-16(14)2)12-15(13-18)7-5-3-4-6-8-15/h14,18H,3-13H2,1-2H3. The fourth-order valence-corrected chi connectivity index (χ4v) is 4.00. The van der Waals surface area contributed by atoms with Crippen molar-refractivity contribution in [3.05, 3.63) is 0 Å². The summed E-state index contributed by atoms with van der Waals surface area (Å²) >= 11 is 4.70. The number of rotatable bonds is 3. The second-order valence-corrected chi connectivity index (χ2v) is 6.95. The van der Waals surface area contributed by atoms with Gasteiger partial charge in [-0.25, -0.2) is 0 Å². The average molecular weight is 270 g/mol. The van der Waals surface area contributed by atoms with Crippen LogP contribution < -0.4 is 0 Å². The summed E-state index contributed by atoms with van der Waals surface area (Å²) in [4.78, 5) is 5.18. The van der Waals surface area contributed by atoms with Crippen molar-refractivity contribution in [2.45, 2.75) is 51.5 Å². The lowest BCUT2D eigenvalue weighted by Crippen LogP contribution is -2.53. The molecular weight excluding hydrogens is 240 g/mol. The summed E-state index contributed by atoms with van der Waals surface area (Å²) in [5.74, 6) is 1.08. The molecule has 0 aromatic rings. The molecule has 1 saturated carbocycles. The zero-order chi connectivity index (χ0) is 13.0. The maximum atomic E-state index is 4.70. The molecule has 1 aliphatic carbocycles. The average Bonchev–Trinajstić information content (AvgIpc) is 2.60. The zero-order valence-corrected chi connectivity index (χ0v) is 13.1. The van der Waals surface area contributed by atoms with Crippen LogP contribution in [0.1, 0.15) is 45.4 Å². The molecule has 2 aliphatic rings. The second kappa shape index (κ2) is 6.62. The van der Waals surface area contributed by atoms with Crippen LogP contribution >= 0.6 is 12.6 Å². The van der Waals surface area contributed by atoms with Gasteiger partial charge < -0.3 is 4.90 Å². The van der Waals surface area contributed by atoms with Gasteiger partial charge in [0.1, 0.15) is 0 Å².